The number of guanidine groups is 2. The molecule has 2 aromatic carbocycles. The molecule has 0 aliphatic carbocycles. The van der Waals surface area contributed by atoms with Gasteiger partial charge in [0.15, 0.2) is 17.6 Å². The number of amides is 2. The van der Waals surface area contributed by atoms with E-state index < -0.39 is 53.0 Å². The van der Waals surface area contributed by atoms with Gasteiger partial charge < -0.3 is 47.3 Å². The fourth-order valence-corrected chi connectivity index (χ4v) is 6.42. The van der Waals surface area contributed by atoms with E-state index in [1.807, 2.05) is 6.07 Å². The summed E-state index contributed by atoms with van der Waals surface area (Å²) in [6.45, 7) is 4.13. The van der Waals surface area contributed by atoms with E-state index in [9.17, 15) is 28.6 Å². The fourth-order valence-electron chi connectivity index (χ4n) is 6.42. The Morgan fingerprint density at radius 3 is 2.58 bits per heavy atom. The van der Waals surface area contributed by atoms with Crippen molar-refractivity contribution in [2.75, 3.05) is 19.7 Å². The van der Waals surface area contributed by atoms with E-state index in [0.29, 0.717) is 18.4 Å². The maximum Gasteiger partial charge on any atom is 0.255 e. The van der Waals surface area contributed by atoms with Crippen LogP contribution < -0.4 is 32.2 Å². The molecule has 0 saturated carbocycles. The summed E-state index contributed by atoms with van der Waals surface area (Å²) in [6.07, 6.45) is 0.773. The molecule has 2 aromatic rings. The van der Waals surface area contributed by atoms with Gasteiger partial charge >= 0.3 is 0 Å². The van der Waals surface area contributed by atoms with Crippen molar-refractivity contribution in [2.24, 2.45) is 21.5 Å². The van der Waals surface area contributed by atoms with Crippen molar-refractivity contribution in [1.29, 1.82) is 0 Å². The zero-order valence-corrected chi connectivity index (χ0v) is 23.4. The van der Waals surface area contributed by atoms with Crippen molar-refractivity contribution in [3.05, 3.63) is 64.7 Å². The summed E-state index contributed by atoms with van der Waals surface area (Å²) >= 11 is 0. The first-order valence-corrected chi connectivity index (χ1v) is 13.7. The molecule has 4 aliphatic heterocycles. The smallest absolute Gasteiger partial charge is 0.255 e. The summed E-state index contributed by atoms with van der Waals surface area (Å²) in [5.41, 5.74) is 11.1. The van der Waals surface area contributed by atoms with Crippen molar-refractivity contribution < 1.29 is 33.3 Å². The van der Waals surface area contributed by atoms with Gasteiger partial charge in [0, 0.05) is 30.3 Å². The van der Waals surface area contributed by atoms with E-state index in [0.717, 1.165) is 24.1 Å². The molecule has 1 saturated heterocycles. The number of nitrogens with two attached hydrogens (primary N) is 2. The molecular formula is C28H32F2N8O5. The Labute approximate surface area is 245 Å². The van der Waals surface area contributed by atoms with Gasteiger partial charge in [-0.05, 0) is 30.0 Å². The first-order valence-electron chi connectivity index (χ1n) is 13.7. The van der Waals surface area contributed by atoms with Crippen LogP contribution >= 0.6 is 0 Å². The zero-order valence-electron chi connectivity index (χ0n) is 23.4. The summed E-state index contributed by atoms with van der Waals surface area (Å²) in [7, 11) is 0. The number of aliphatic hydroxyl groups is 2. The second kappa shape index (κ2) is 9.77. The number of fused-ring (bicyclic) bond motifs is 1. The van der Waals surface area contributed by atoms with Gasteiger partial charge in [-0.15, -0.1) is 0 Å². The number of halogens is 2. The molecule has 1 spiro atoms. The van der Waals surface area contributed by atoms with E-state index in [2.05, 4.69) is 39.8 Å². The van der Waals surface area contributed by atoms with Gasteiger partial charge in [0.25, 0.3) is 11.8 Å². The Morgan fingerprint density at radius 1 is 1.14 bits per heavy atom. The number of aliphatic imine (C=N–C) groups is 2. The number of carbonyl (C=O) groups is 2. The quantitative estimate of drug-likeness (QED) is 0.216. The second-order valence-electron chi connectivity index (χ2n) is 11.8. The summed E-state index contributed by atoms with van der Waals surface area (Å²) in [5.74, 6) is -5.77. The first-order chi connectivity index (χ1) is 20.2. The third-order valence-electron chi connectivity index (χ3n) is 8.67. The molecule has 1 fully saturated rings. The van der Waals surface area contributed by atoms with Gasteiger partial charge in [-0.2, -0.15) is 0 Å². The summed E-state index contributed by atoms with van der Waals surface area (Å²) in [6, 6.07) is 4.25. The van der Waals surface area contributed by atoms with Crippen LogP contribution in [-0.4, -0.2) is 88.1 Å². The highest BCUT2D eigenvalue weighted by Crippen LogP contribution is 2.45. The average Bonchev–Trinajstić information content (AvgIpc) is 3.40. The molecule has 15 heteroatoms. The first kappa shape index (κ1) is 28.6. The van der Waals surface area contributed by atoms with Crippen LogP contribution in [0.4, 0.5) is 8.78 Å². The summed E-state index contributed by atoms with van der Waals surface area (Å²) in [5, 5.41) is 31.5. The lowest BCUT2D eigenvalue weighted by Gasteiger charge is -2.49. The maximum atomic E-state index is 13.6. The molecule has 4 atom stereocenters. The molecule has 4 heterocycles. The maximum absolute atomic E-state index is 13.6. The largest absolute Gasteiger partial charge is 0.492 e. The second-order valence-corrected chi connectivity index (χ2v) is 11.8. The Bertz CT molecular complexity index is 1560. The molecule has 43 heavy (non-hydrogen) atoms. The number of benzene rings is 2. The highest BCUT2D eigenvalue weighted by molar-refractivity contribution is 5.98. The normalized spacial score (nSPS) is 27.9. The Hall–Kier alpha value is -4.50. The predicted octanol–water partition coefficient (Wildman–Crippen LogP) is -0.770. The monoisotopic (exact) mass is 598 g/mol. The lowest BCUT2D eigenvalue weighted by atomic mass is 9.79. The lowest BCUT2D eigenvalue weighted by Crippen LogP contribution is -2.78. The van der Waals surface area contributed by atoms with Gasteiger partial charge in [0.1, 0.15) is 29.5 Å². The van der Waals surface area contributed by atoms with Crippen LogP contribution in [0.5, 0.6) is 5.75 Å². The minimum Gasteiger partial charge on any atom is -0.492 e. The van der Waals surface area contributed by atoms with Gasteiger partial charge in [-0.3, -0.25) is 9.59 Å². The number of nitrogens with one attached hydrogen (secondary N) is 3. The van der Waals surface area contributed by atoms with Crippen LogP contribution in [0, 0.1) is 11.6 Å². The van der Waals surface area contributed by atoms with Crippen molar-refractivity contribution in [3.63, 3.8) is 0 Å². The van der Waals surface area contributed by atoms with Gasteiger partial charge in [-0.1, -0.05) is 26.0 Å². The van der Waals surface area contributed by atoms with Crippen LogP contribution in [0.15, 0.2) is 46.4 Å². The molecule has 13 nitrogen and oxygen atoms in total. The van der Waals surface area contributed by atoms with Crippen molar-refractivity contribution in [2.45, 2.75) is 55.3 Å². The predicted molar refractivity (Wildman–Crippen MR) is 150 cm³/mol. The lowest BCUT2D eigenvalue weighted by molar-refractivity contribution is -0.230. The van der Waals surface area contributed by atoms with Crippen molar-refractivity contribution in [3.8, 4) is 5.75 Å². The molecule has 0 bridgehead atoms. The summed E-state index contributed by atoms with van der Waals surface area (Å²) < 4.78 is 33.2. The molecule has 4 aliphatic rings. The van der Waals surface area contributed by atoms with E-state index in [4.69, 9.17) is 16.2 Å². The van der Waals surface area contributed by atoms with Crippen LogP contribution in [0.3, 0.4) is 0 Å². The molecule has 0 unspecified atom stereocenters. The van der Waals surface area contributed by atoms with Crippen molar-refractivity contribution >= 4 is 23.7 Å². The van der Waals surface area contributed by atoms with Gasteiger partial charge in [0.05, 0.1) is 18.2 Å². The number of para-hydroxylation sites is 1. The number of nitrogens with zero attached hydrogens (tertiary/aromatic N) is 3. The number of hydrogen-bond donors (Lipinski definition) is 7. The van der Waals surface area contributed by atoms with Crippen LogP contribution in [0.1, 0.15) is 46.5 Å². The van der Waals surface area contributed by atoms with E-state index >= 15 is 0 Å². The molecule has 2 amide bonds. The van der Waals surface area contributed by atoms with Crippen molar-refractivity contribution in [1.82, 2.24) is 20.9 Å². The SMILES string of the molecule is CC1(C)CCOc2c(C(=O)N[C@H]3CN4C(N)=N[C@@H](CNC(=O)c5cc(F)cc(F)c5)[C@@H]5N=C(N)N[C@@]54C3(O)O)cccc21. The van der Waals surface area contributed by atoms with Crippen LogP contribution in [0.2, 0.25) is 0 Å². The Morgan fingerprint density at radius 2 is 1.86 bits per heavy atom. The zero-order chi connectivity index (χ0) is 30.9. The number of rotatable bonds is 5. The highest BCUT2D eigenvalue weighted by Gasteiger charge is 2.73. The van der Waals surface area contributed by atoms with Crippen LogP contribution in [0.25, 0.3) is 0 Å². The standard InChI is InChI=1S/C28H32F2N8O5/c1-26(2)6-7-43-20-16(4-3-5-17(20)26)23(40)35-19-12-38-25(32)34-18(21-27(38,28(19,41)42)37-24(31)36-21)11-33-22(39)13-8-14(29)10-15(30)9-13/h3-5,8-10,18-19,21,41-42H,6-7,11-12H2,1-2H3,(H2,32,34)(H,33,39)(H,35,40)(H3,31,36,37)/t18-,19-,21-,27-/m0/s1. The topological polar surface area (TPSA) is 200 Å². The highest BCUT2D eigenvalue weighted by atomic mass is 19.1. The number of carbonyl (C=O) groups excluding carboxylic acids is 2. The van der Waals surface area contributed by atoms with Gasteiger partial charge in [-0.25, -0.2) is 18.8 Å². The minimum absolute atomic E-state index is 0.129. The average molecular weight is 599 g/mol. The van der Waals surface area contributed by atoms with E-state index in [-0.39, 0.29) is 41.6 Å². The third kappa shape index (κ3) is 4.41. The minimum atomic E-state index is -2.71. The van der Waals surface area contributed by atoms with E-state index in [1.165, 1.54) is 4.90 Å². The number of ether oxygens (including phenoxy) is 1. The molecule has 0 radical (unpaired) electrons. The molecule has 9 N–H and O–H groups in total. The third-order valence-corrected chi connectivity index (χ3v) is 8.67. The van der Waals surface area contributed by atoms with E-state index in [1.54, 1.807) is 12.1 Å². The van der Waals surface area contributed by atoms with Crippen LogP contribution in [-0.2, 0) is 5.41 Å². The fraction of sp³-hybridized carbons (Fsp3) is 0.429. The Balaban J connectivity index is 1.26. The summed E-state index contributed by atoms with van der Waals surface area (Å²) in [4.78, 5) is 36.3. The van der Waals surface area contributed by atoms with Gasteiger partial charge in [0.2, 0.25) is 5.79 Å². The number of hydrogen-bond acceptors (Lipinski definition) is 11. The Kier molecular flexibility index (Phi) is 6.50. The molecular weight excluding hydrogens is 566 g/mol. The molecule has 228 valence electrons. The molecule has 0 aromatic heterocycles. The molecule has 6 rings (SSSR count).